The summed E-state index contributed by atoms with van der Waals surface area (Å²) in [6, 6.07) is 7.53. The Labute approximate surface area is 172 Å². The van der Waals surface area contributed by atoms with E-state index in [0.29, 0.717) is 10.8 Å². The molecule has 0 saturated heterocycles. The number of carbonyl (C=O) groups excluding carboxylic acids is 1. The van der Waals surface area contributed by atoms with Crippen LogP contribution in [0.25, 0.3) is 0 Å². The van der Waals surface area contributed by atoms with Crippen LogP contribution in [-0.4, -0.2) is 36.8 Å². The molecule has 0 aliphatic carbocycles. The van der Waals surface area contributed by atoms with E-state index in [-0.39, 0.29) is 21.9 Å². The molecule has 0 aliphatic rings. The Balaban J connectivity index is 1.80. The van der Waals surface area contributed by atoms with Crippen molar-refractivity contribution >= 4 is 55.8 Å². The minimum absolute atomic E-state index is 0.160. The highest BCUT2D eigenvalue weighted by atomic mass is 35.5. The van der Waals surface area contributed by atoms with Gasteiger partial charge in [0.15, 0.2) is 0 Å². The fourth-order valence-electron chi connectivity index (χ4n) is 1.73. The van der Waals surface area contributed by atoms with Crippen LogP contribution in [0.15, 0.2) is 28.6 Å². The number of anilines is 1. The molecule has 0 unspecified atom stereocenters. The van der Waals surface area contributed by atoms with Gasteiger partial charge in [0.05, 0.1) is 0 Å². The number of rotatable bonds is 8. The summed E-state index contributed by atoms with van der Waals surface area (Å²) in [4.78, 5) is 11.9. The standard InChI is InChI=1S/C16H21ClN4O3S3/c1-16(2,3)13(22)19-14-20-21-15(26-14)27(23,24)18-8-9-25-10-11-4-6-12(17)7-5-11/h4-7,18H,8-10H2,1-3H3,(H,19,20,22). The summed E-state index contributed by atoms with van der Waals surface area (Å²) in [7, 11) is -3.75. The third kappa shape index (κ3) is 7.04. The highest BCUT2D eigenvalue weighted by Crippen LogP contribution is 2.23. The predicted octanol–water partition coefficient (Wildman–Crippen LogP) is 3.39. The number of thioether (sulfide) groups is 1. The van der Waals surface area contributed by atoms with Crippen molar-refractivity contribution in [3.05, 3.63) is 34.9 Å². The van der Waals surface area contributed by atoms with Gasteiger partial charge in [-0.3, -0.25) is 4.79 Å². The maximum Gasteiger partial charge on any atom is 0.269 e. The van der Waals surface area contributed by atoms with E-state index in [0.717, 1.165) is 22.7 Å². The summed E-state index contributed by atoms with van der Waals surface area (Å²) in [5.74, 6) is 1.11. The SMILES string of the molecule is CC(C)(C)C(=O)Nc1nnc(S(=O)(=O)NCCSCc2ccc(Cl)cc2)s1. The van der Waals surface area contributed by atoms with Crippen molar-refractivity contribution in [2.24, 2.45) is 5.41 Å². The molecule has 2 N–H and O–H groups in total. The predicted molar refractivity (Wildman–Crippen MR) is 111 cm³/mol. The molecular weight excluding hydrogens is 428 g/mol. The van der Waals surface area contributed by atoms with E-state index in [1.807, 2.05) is 24.3 Å². The lowest BCUT2D eigenvalue weighted by atomic mass is 9.96. The number of sulfonamides is 1. The Bertz CT molecular complexity index is 877. The van der Waals surface area contributed by atoms with E-state index in [1.165, 1.54) is 0 Å². The van der Waals surface area contributed by atoms with Gasteiger partial charge in [0.1, 0.15) is 0 Å². The van der Waals surface area contributed by atoms with Crippen molar-refractivity contribution in [1.29, 1.82) is 0 Å². The molecule has 0 fully saturated rings. The van der Waals surface area contributed by atoms with Crippen LogP contribution in [0, 0.1) is 5.41 Å². The highest BCUT2D eigenvalue weighted by molar-refractivity contribution is 7.98. The highest BCUT2D eigenvalue weighted by Gasteiger charge is 2.24. The lowest BCUT2D eigenvalue weighted by molar-refractivity contribution is -0.123. The molecule has 1 heterocycles. The van der Waals surface area contributed by atoms with Crippen LogP contribution < -0.4 is 10.0 Å². The van der Waals surface area contributed by atoms with Gasteiger partial charge < -0.3 is 5.32 Å². The van der Waals surface area contributed by atoms with Gasteiger partial charge in [-0.2, -0.15) is 11.8 Å². The topological polar surface area (TPSA) is 101 Å². The zero-order valence-electron chi connectivity index (χ0n) is 15.2. The lowest BCUT2D eigenvalue weighted by Gasteiger charge is -2.15. The van der Waals surface area contributed by atoms with Crippen molar-refractivity contribution < 1.29 is 13.2 Å². The van der Waals surface area contributed by atoms with Crippen LogP contribution in [0.5, 0.6) is 0 Å². The largest absolute Gasteiger partial charge is 0.300 e. The Hall–Kier alpha value is -1.20. The van der Waals surface area contributed by atoms with Gasteiger partial charge in [-0.05, 0) is 17.7 Å². The molecule has 1 amide bonds. The minimum atomic E-state index is -3.75. The molecule has 0 spiro atoms. The van der Waals surface area contributed by atoms with Crippen LogP contribution in [0.3, 0.4) is 0 Å². The second-order valence-corrected chi connectivity index (χ2v) is 11.1. The molecule has 0 atom stereocenters. The minimum Gasteiger partial charge on any atom is -0.300 e. The first-order valence-electron chi connectivity index (χ1n) is 8.05. The monoisotopic (exact) mass is 448 g/mol. The van der Waals surface area contributed by atoms with Crippen LogP contribution in [0.1, 0.15) is 26.3 Å². The van der Waals surface area contributed by atoms with Gasteiger partial charge in [-0.15, -0.1) is 10.2 Å². The van der Waals surface area contributed by atoms with Crippen molar-refractivity contribution in [1.82, 2.24) is 14.9 Å². The van der Waals surface area contributed by atoms with Gasteiger partial charge in [-0.25, -0.2) is 13.1 Å². The van der Waals surface area contributed by atoms with Crippen molar-refractivity contribution in [2.45, 2.75) is 30.9 Å². The van der Waals surface area contributed by atoms with Crippen LogP contribution >= 0.6 is 34.7 Å². The molecule has 2 aromatic rings. The molecule has 7 nitrogen and oxygen atoms in total. The van der Waals surface area contributed by atoms with E-state index < -0.39 is 15.4 Å². The zero-order valence-corrected chi connectivity index (χ0v) is 18.4. The first kappa shape index (κ1) is 22.1. The van der Waals surface area contributed by atoms with Gasteiger partial charge >= 0.3 is 0 Å². The second kappa shape index (κ2) is 9.33. The zero-order chi connectivity index (χ0) is 20.1. The Morgan fingerprint density at radius 3 is 2.52 bits per heavy atom. The summed E-state index contributed by atoms with van der Waals surface area (Å²) in [5.41, 5.74) is 0.514. The summed E-state index contributed by atoms with van der Waals surface area (Å²) in [6.45, 7) is 5.53. The maximum atomic E-state index is 12.3. The van der Waals surface area contributed by atoms with E-state index in [9.17, 15) is 13.2 Å². The number of hydrogen-bond donors (Lipinski definition) is 2. The number of nitrogens with zero attached hydrogens (tertiary/aromatic N) is 2. The van der Waals surface area contributed by atoms with Crippen molar-refractivity contribution in [2.75, 3.05) is 17.6 Å². The van der Waals surface area contributed by atoms with Gasteiger partial charge in [0.25, 0.3) is 10.0 Å². The Morgan fingerprint density at radius 1 is 1.22 bits per heavy atom. The summed E-state index contributed by atoms with van der Waals surface area (Å²) >= 11 is 8.27. The molecule has 0 saturated carbocycles. The van der Waals surface area contributed by atoms with E-state index in [2.05, 4.69) is 20.2 Å². The smallest absolute Gasteiger partial charge is 0.269 e. The normalized spacial score (nSPS) is 12.1. The second-order valence-electron chi connectivity index (χ2n) is 6.65. The van der Waals surface area contributed by atoms with Gasteiger partial charge in [-0.1, -0.05) is 55.8 Å². The number of aromatic nitrogens is 2. The number of benzene rings is 1. The fraction of sp³-hybridized carbons (Fsp3) is 0.438. The molecule has 0 aliphatic heterocycles. The first-order valence-corrected chi connectivity index (χ1v) is 11.9. The average molecular weight is 449 g/mol. The van der Waals surface area contributed by atoms with Crippen molar-refractivity contribution in [3.8, 4) is 0 Å². The number of hydrogen-bond acceptors (Lipinski definition) is 7. The summed E-state index contributed by atoms with van der Waals surface area (Å²) in [6.07, 6.45) is 0. The molecule has 1 aromatic heterocycles. The molecule has 2 rings (SSSR count). The first-order chi connectivity index (χ1) is 12.6. The number of nitrogens with one attached hydrogen (secondary N) is 2. The molecule has 0 radical (unpaired) electrons. The molecule has 1 aromatic carbocycles. The molecular formula is C16H21ClN4O3S3. The third-order valence-corrected chi connectivity index (χ3v) is 7.21. The number of halogens is 1. The summed E-state index contributed by atoms with van der Waals surface area (Å²) < 4.78 is 26.8. The van der Waals surface area contributed by atoms with Crippen LogP contribution in [0.4, 0.5) is 5.13 Å². The lowest BCUT2D eigenvalue weighted by Crippen LogP contribution is -2.27. The van der Waals surface area contributed by atoms with Gasteiger partial charge in [0, 0.05) is 28.5 Å². The molecule has 148 valence electrons. The maximum absolute atomic E-state index is 12.3. The molecule has 27 heavy (non-hydrogen) atoms. The third-order valence-electron chi connectivity index (χ3n) is 3.26. The average Bonchev–Trinajstić information content (AvgIpc) is 3.05. The number of amides is 1. The van der Waals surface area contributed by atoms with Crippen LogP contribution in [0.2, 0.25) is 5.02 Å². The quantitative estimate of drug-likeness (QED) is 0.474. The van der Waals surface area contributed by atoms with Crippen molar-refractivity contribution in [3.63, 3.8) is 0 Å². The number of carbonyl (C=O) groups is 1. The van der Waals surface area contributed by atoms with Crippen LogP contribution in [-0.2, 0) is 20.6 Å². The van der Waals surface area contributed by atoms with E-state index in [4.69, 9.17) is 11.6 Å². The van der Waals surface area contributed by atoms with E-state index >= 15 is 0 Å². The summed E-state index contributed by atoms with van der Waals surface area (Å²) in [5, 5.41) is 10.8. The Morgan fingerprint density at radius 2 is 1.89 bits per heavy atom. The molecule has 0 bridgehead atoms. The molecule has 11 heteroatoms. The fourth-order valence-corrected chi connectivity index (χ4v) is 4.78. The van der Waals surface area contributed by atoms with E-state index in [1.54, 1.807) is 32.5 Å². The Kier molecular flexibility index (Phi) is 7.64. The van der Waals surface area contributed by atoms with Gasteiger partial charge in [0.2, 0.25) is 15.4 Å².